The van der Waals surface area contributed by atoms with E-state index >= 15 is 0 Å². The molecule has 17 heavy (non-hydrogen) atoms. The number of nitrogens with zero attached hydrogens (tertiary/aromatic N) is 1. The lowest BCUT2D eigenvalue weighted by Crippen LogP contribution is -2.31. The Labute approximate surface area is 111 Å². The molecule has 0 radical (unpaired) electrons. The number of carbonyl (C=O) groups excluding carboxylic acids is 1. The highest BCUT2D eigenvalue weighted by Crippen LogP contribution is 2.27. The molecule has 1 rings (SSSR count). The van der Waals surface area contributed by atoms with Gasteiger partial charge >= 0.3 is 0 Å². The standard InChI is InChI=1S/C13H18BrNO2/c1-9-7-12(8-10(2)13(9)14)15(11(3)16)5-6-17-4/h7-8H,5-6H2,1-4H3. The SMILES string of the molecule is COCCN(C(C)=O)c1cc(C)c(Br)c(C)c1. The number of carbonyl (C=O) groups is 1. The molecule has 4 heteroatoms. The summed E-state index contributed by atoms with van der Waals surface area (Å²) in [7, 11) is 1.64. The highest BCUT2D eigenvalue weighted by molar-refractivity contribution is 9.10. The van der Waals surface area contributed by atoms with Crippen molar-refractivity contribution >= 4 is 27.5 Å². The highest BCUT2D eigenvalue weighted by Gasteiger charge is 2.13. The quantitative estimate of drug-likeness (QED) is 0.855. The highest BCUT2D eigenvalue weighted by atomic mass is 79.9. The molecule has 0 fully saturated rings. The molecule has 0 saturated carbocycles. The summed E-state index contributed by atoms with van der Waals surface area (Å²) < 4.78 is 6.12. The first kappa shape index (κ1) is 14.2. The molecule has 94 valence electrons. The van der Waals surface area contributed by atoms with Crippen molar-refractivity contribution in [2.75, 3.05) is 25.2 Å². The summed E-state index contributed by atoms with van der Waals surface area (Å²) in [6, 6.07) is 4.02. The minimum atomic E-state index is 0.0307. The van der Waals surface area contributed by atoms with Crippen LogP contribution in [0.1, 0.15) is 18.1 Å². The van der Waals surface area contributed by atoms with Crippen LogP contribution in [0.25, 0.3) is 0 Å². The zero-order valence-corrected chi connectivity index (χ0v) is 12.3. The monoisotopic (exact) mass is 299 g/mol. The molecule has 3 nitrogen and oxygen atoms in total. The normalized spacial score (nSPS) is 10.4. The van der Waals surface area contributed by atoms with E-state index in [1.54, 1.807) is 18.9 Å². The smallest absolute Gasteiger partial charge is 0.223 e. The molecule has 0 saturated heterocycles. The van der Waals surface area contributed by atoms with Crippen molar-refractivity contribution in [1.82, 2.24) is 0 Å². The third-order valence-corrected chi connectivity index (χ3v) is 3.88. The van der Waals surface area contributed by atoms with Gasteiger partial charge in [0.2, 0.25) is 5.91 Å². The number of methoxy groups -OCH3 is 1. The van der Waals surface area contributed by atoms with Gasteiger partial charge < -0.3 is 9.64 Å². The Hall–Kier alpha value is -0.870. The molecule has 0 aliphatic rings. The van der Waals surface area contributed by atoms with E-state index in [1.807, 2.05) is 26.0 Å². The lowest BCUT2D eigenvalue weighted by atomic mass is 10.1. The number of halogens is 1. The number of rotatable bonds is 4. The Kier molecular flexibility index (Phi) is 5.15. The molecule has 1 amide bonds. The summed E-state index contributed by atoms with van der Waals surface area (Å²) in [5, 5.41) is 0. The van der Waals surface area contributed by atoms with E-state index in [2.05, 4.69) is 15.9 Å². The van der Waals surface area contributed by atoms with Gasteiger partial charge in [-0.15, -0.1) is 0 Å². The lowest BCUT2D eigenvalue weighted by Gasteiger charge is -2.22. The van der Waals surface area contributed by atoms with Crippen LogP contribution >= 0.6 is 15.9 Å². The van der Waals surface area contributed by atoms with Crippen molar-refractivity contribution in [3.63, 3.8) is 0 Å². The molecular formula is C13H18BrNO2. The largest absolute Gasteiger partial charge is 0.383 e. The second-order valence-electron chi connectivity index (χ2n) is 4.06. The number of ether oxygens (including phenoxy) is 1. The fourth-order valence-corrected chi connectivity index (χ4v) is 1.96. The fraction of sp³-hybridized carbons (Fsp3) is 0.462. The fourth-order valence-electron chi connectivity index (χ4n) is 1.73. The molecule has 0 heterocycles. The first-order valence-corrected chi connectivity index (χ1v) is 6.30. The van der Waals surface area contributed by atoms with Crippen LogP contribution in [0.4, 0.5) is 5.69 Å². The van der Waals surface area contributed by atoms with Crippen LogP contribution in [-0.2, 0) is 9.53 Å². The van der Waals surface area contributed by atoms with Crippen LogP contribution in [0.5, 0.6) is 0 Å². The average Bonchev–Trinajstić information content (AvgIpc) is 2.25. The molecular weight excluding hydrogens is 282 g/mol. The van der Waals surface area contributed by atoms with E-state index in [-0.39, 0.29) is 5.91 Å². The summed E-state index contributed by atoms with van der Waals surface area (Å²) in [5.41, 5.74) is 3.18. The van der Waals surface area contributed by atoms with Crippen LogP contribution in [-0.4, -0.2) is 26.2 Å². The Balaban J connectivity index is 3.06. The van der Waals surface area contributed by atoms with Crippen LogP contribution in [0, 0.1) is 13.8 Å². The number of aryl methyl sites for hydroxylation is 2. The molecule has 0 unspecified atom stereocenters. The van der Waals surface area contributed by atoms with Crippen molar-refractivity contribution < 1.29 is 9.53 Å². The van der Waals surface area contributed by atoms with E-state index in [4.69, 9.17) is 4.74 Å². The van der Waals surface area contributed by atoms with Crippen LogP contribution in [0.2, 0.25) is 0 Å². The third kappa shape index (κ3) is 3.54. The average molecular weight is 300 g/mol. The maximum Gasteiger partial charge on any atom is 0.223 e. The van der Waals surface area contributed by atoms with Gasteiger partial charge in [0.15, 0.2) is 0 Å². The predicted molar refractivity (Wildman–Crippen MR) is 73.5 cm³/mol. The summed E-state index contributed by atoms with van der Waals surface area (Å²) in [6.45, 7) is 6.73. The molecule has 1 aromatic rings. The summed E-state index contributed by atoms with van der Waals surface area (Å²) >= 11 is 3.52. The van der Waals surface area contributed by atoms with Gasteiger partial charge in [-0.1, -0.05) is 15.9 Å². The number of hydrogen-bond donors (Lipinski definition) is 0. The molecule has 0 aromatic heterocycles. The third-order valence-electron chi connectivity index (χ3n) is 2.63. The molecule has 0 spiro atoms. The lowest BCUT2D eigenvalue weighted by molar-refractivity contribution is -0.116. The Morgan fingerprint density at radius 3 is 2.29 bits per heavy atom. The van der Waals surface area contributed by atoms with Crippen molar-refractivity contribution in [2.45, 2.75) is 20.8 Å². The molecule has 0 bridgehead atoms. The van der Waals surface area contributed by atoms with E-state index in [0.29, 0.717) is 13.2 Å². The van der Waals surface area contributed by atoms with Gasteiger partial charge in [-0.2, -0.15) is 0 Å². The van der Waals surface area contributed by atoms with Crippen LogP contribution in [0.3, 0.4) is 0 Å². The topological polar surface area (TPSA) is 29.5 Å². The Bertz CT molecular complexity index is 395. The van der Waals surface area contributed by atoms with Crippen LogP contribution < -0.4 is 4.90 Å². The summed E-state index contributed by atoms with van der Waals surface area (Å²) in [6.07, 6.45) is 0. The number of amides is 1. The Morgan fingerprint density at radius 2 is 1.88 bits per heavy atom. The maximum atomic E-state index is 11.6. The maximum absolute atomic E-state index is 11.6. The zero-order valence-electron chi connectivity index (χ0n) is 10.7. The summed E-state index contributed by atoms with van der Waals surface area (Å²) in [5.74, 6) is 0.0307. The van der Waals surface area contributed by atoms with Crippen molar-refractivity contribution in [3.05, 3.63) is 27.7 Å². The first-order valence-electron chi connectivity index (χ1n) is 5.51. The first-order chi connectivity index (χ1) is 7.97. The minimum absolute atomic E-state index is 0.0307. The van der Waals surface area contributed by atoms with E-state index < -0.39 is 0 Å². The van der Waals surface area contributed by atoms with E-state index in [9.17, 15) is 4.79 Å². The molecule has 1 aromatic carbocycles. The van der Waals surface area contributed by atoms with E-state index in [1.165, 1.54) is 0 Å². The number of anilines is 1. The molecule has 0 aliphatic heterocycles. The van der Waals surface area contributed by atoms with Gasteiger partial charge in [-0.3, -0.25) is 4.79 Å². The van der Waals surface area contributed by atoms with Crippen LogP contribution in [0.15, 0.2) is 16.6 Å². The zero-order chi connectivity index (χ0) is 13.0. The van der Waals surface area contributed by atoms with Crippen molar-refractivity contribution in [1.29, 1.82) is 0 Å². The van der Waals surface area contributed by atoms with Crippen molar-refractivity contribution in [3.8, 4) is 0 Å². The molecule has 0 aliphatic carbocycles. The van der Waals surface area contributed by atoms with Gasteiger partial charge in [0.1, 0.15) is 0 Å². The summed E-state index contributed by atoms with van der Waals surface area (Å²) in [4.78, 5) is 13.3. The van der Waals surface area contributed by atoms with Gasteiger partial charge in [0.25, 0.3) is 0 Å². The van der Waals surface area contributed by atoms with Gasteiger partial charge in [0.05, 0.1) is 6.61 Å². The van der Waals surface area contributed by atoms with Gasteiger partial charge in [0, 0.05) is 30.7 Å². The minimum Gasteiger partial charge on any atom is -0.383 e. The number of benzene rings is 1. The second kappa shape index (κ2) is 6.17. The molecule has 0 N–H and O–H groups in total. The van der Waals surface area contributed by atoms with E-state index in [0.717, 1.165) is 21.3 Å². The predicted octanol–water partition coefficient (Wildman–Crippen LogP) is 3.07. The molecule has 0 atom stereocenters. The number of hydrogen-bond acceptors (Lipinski definition) is 2. The van der Waals surface area contributed by atoms with Gasteiger partial charge in [-0.25, -0.2) is 0 Å². The Morgan fingerprint density at radius 1 is 1.35 bits per heavy atom. The second-order valence-corrected chi connectivity index (χ2v) is 4.85. The van der Waals surface area contributed by atoms with Gasteiger partial charge in [-0.05, 0) is 37.1 Å². The van der Waals surface area contributed by atoms with Crippen molar-refractivity contribution in [2.24, 2.45) is 0 Å².